The van der Waals surface area contributed by atoms with Crippen molar-refractivity contribution in [1.29, 1.82) is 0 Å². The van der Waals surface area contributed by atoms with Crippen LogP contribution < -0.4 is 0 Å². The van der Waals surface area contributed by atoms with Crippen molar-refractivity contribution in [1.82, 2.24) is 0 Å². The Kier molecular flexibility index (Phi) is 5.30. The Morgan fingerprint density at radius 2 is 2.30 bits per heavy atom. The number of Topliss-reactive ketones (excluding diaryl/α,β-unsaturated/α-hetero) is 1. The highest BCUT2D eigenvalue weighted by atomic mass is 16.1. The van der Waals surface area contributed by atoms with Crippen molar-refractivity contribution in [3.05, 3.63) is 18.4 Å². The zero-order chi connectivity index (χ0) is 7.82. The fourth-order valence-electron chi connectivity index (χ4n) is 0.508. The third-order valence-electron chi connectivity index (χ3n) is 1.02. The summed E-state index contributed by atoms with van der Waals surface area (Å²) in [6.45, 7) is 3.31. The molecule has 0 atom stereocenters. The number of hydrogen-bond acceptors (Lipinski definition) is 2. The molecule has 0 aromatic heterocycles. The molecule has 0 bridgehead atoms. The van der Waals surface area contributed by atoms with Crippen LogP contribution in [0.1, 0.15) is 19.3 Å². The van der Waals surface area contributed by atoms with Crippen LogP contribution in [0.2, 0.25) is 0 Å². The first-order valence-electron chi connectivity index (χ1n) is 3.11. The molecule has 2 heteroatoms. The quantitative estimate of drug-likeness (QED) is 0.423. The lowest BCUT2D eigenvalue weighted by molar-refractivity contribution is -0.120. The molecule has 0 radical (unpaired) electrons. The maximum Gasteiger partial charge on any atom is 0.137 e. The Bertz CT molecular complexity index is 164. The predicted molar refractivity (Wildman–Crippen MR) is 38.6 cm³/mol. The molecule has 0 rings (SSSR count). The van der Waals surface area contributed by atoms with E-state index in [-0.39, 0.29) is 5.78 Å². The van der Waals surface area contributed by atoms with Gasteiger partial charge in [-0.1, -0.05) is 6.58 Å². The lowest BCUT2D eigenvalue weighted by Gasteiger charge is -1.88. The number of allylic oxidation sites excluding steroid dienone is 1. The molecule has 0 saturated heterocycles. The van der Waals surface area contributed by atoms with Gasteiger partial charge in [0.1, 0.15) is 12.1 Å². The lowest BCUT2D eigenvalue weighted by Crippen LogP contribution is -1.94. The number of aldehydes is 1. The highest BCUT2D eigenvalue weighted by Gasteiger charge is 1.96. The van der Waals surface area contributed by atoms with Crippen LogP contribution in [-0.2, 0) is 9.59 Å². The van der Waals surface area contributed by atoms with Crippen LogP contribution in [0.4, 0.5) is 0 Å². The van der Waals surface area contributed by atoms with Crippen molar-refractivity contribution < 1.29 is 9.59 Å². The number of carbonyl (C=O) groups excluding carboxylic acids is 2. The number of hydrogen-bond donors (Lipinski definition) is 0. The number of rotatable bonds is 5. The van der Waals surface area contributed by atoms with Crippen molar-refractivity contribution in [3.63, 3.8) is 0 Å². The molecule has 0 aliphatic carbocycles. The Hall–Kier alpha value is -1.14. The first-order valence-corrected chi connectivity index (χ1v) is 3.11. The summed E-state index contributed by atoms with van der Waals surface area (Å²) in [5.41, 5.74) is 2.49. The van der Waals surface area contributed by atoms with Gasteiger partial charge in [-0.3, -0.25) is 4.79 Å². The first-order chi connectivity index (χ1) is 4.81. The number of ketones is 1. The smallest absolute Gasteiger partial charge is 0.137 e. The van der Waals surface area contributed by atoms with Gasteiger partial charge in [0.2, 0.25) is 0 Å². The summed E-state index contributed by atoms with van der Waals surface area (Å²) in [5, 5.41) is 0. The van der Waals surface area contributed by atoms with E-state index in [1.54, 1.807) is 6.08 Å². The van der Waals surface area contributed by atoms with E-state index in [0.717, 1.165) is 6.29 Å². The van der Waals surface area contributed by atoms with E-state index in [9.17, 15) is 9.59 Å². The summed E-state index contributed by atoms with van der Waals surface area (Å²) in [5.74, 6) is 0.0586. The fraction of sp³-hybridized carbons (Fsp3) is 0.375. The van der Waals surface area contributed by atoms with Gasteiger partial charge in [-0.05, 0) is 6.08 Å². The summed E-state index contributed by atoms with van der Waals surface area (Å²) in [6, 6.07) is 0. The lowest BCUT2D eigenvalue weighted by atomic mass is 10.2. The van der Waals surface area contributed by atoms with Crippen molar-refractivity contribution in [2.75, 3.05) is 0 Å². The third kappa shape index (κ3) is 5.01. The van der Waals surface area contributed by atoms with Gasteiger partial charge in [-0.15, -0.1) is 5.73 Å². The van der Waals surface area contributed by atoms with Crippen molar-refractivity contribution in [3.8, 4) is 0 Å². The van der Waals surface area contributed by atoms with Crippen molar-refractivity contribution >= 4 is 12.1 Å². The zero-order valence-corrected chi connectivity index (χ0v) is 5.80. The van der Waals surface area contributed by atoms with Gasteiger partial charge in [0, 0.05) is 19.3 Å². The number of carbonyl (C=O) groups is 2. The molecule has 0 spiro atoms. The molecule has 0 heterocycles. The second kappa shape index (κ2) is 5.99. The van der Waals surface area contributed by atoms with Crippen molar-refractivity contribution in [2.45, 2.75) is 19.3 Å². The molecule has 0 amide bonds. The van der Waals surface area contributed by atoms with Gasteiger partial charge < -0.3 is 4.79 Å². The third-order valence-corrected chi connectivity index (χ3v) is 1.02. The summed E-state index contributed by atoms with van der Waals surface area (Å²) in [6.07, 6.45) is 3.31. The van der Waals surface area contributed by atoms with Crippen LogP contribution in [0.25, 0.3) is 0 Å². The summed E-state index contributed by atoms with van der Waals surface area (Å²) in [7, 11) is 0. The molecule has 0 aliphatic rings. The van der Waals surface area contributed by atoms with Crippen LogP contribution in [-0.4, -0.2) is 12.1 Å². The van der Waals surface area contributed by atoms with E-state index in [4.69, 9.17) is 0 Å². The average Bonchev–Trinajstić information content (AvgIpc) is 1.97. The zero-order valence-electron chi connectivity index (χ0n) is 5.80. The molecule has 54 valence electrons. The molecule has 0 aromatic carbocycles. The first kappa shape index (κ1) is 8.86. The van der Waals surface area contributed by atoms with Crippen LogP contribution in [0, 0.1) is 0 Å². The largest absolute Gasteiger partial charge is 0.303 e. The van der Waals surface area contributed by atoms with Gasteiger partial charge >= 0.3 is 0 Å². The minimum absolute atomic E-state index is 0.0586. The molecule has 0 unspecified atom stereocenters. The maximum absolute atomic E-state index is 10.7. The van der Waals surface area contributed by atoms with E-state index in [1.165, 1.54) is 0 Å². The minimum atomic E-state index is 0.0586. The Balaban J connectivity index is 3.43. The van der Waals surface area contributed by atoms with E-state index >= 15 is 0 Å². The standard InChI is InChI=1S/C8H10O2/c1-2-3-5-8(10)6-4-7-9/h3,7H,1,4-6H2. The van der Waals surface area contributed by atoms with E-state index in [1.807, 2.05) is 0 Å². The topological polar surface area (TPSA) is 34.1 Å². The van der Waals surface area contributed by atoms with Gasteiger partial charge in [-0.2, -0.15) is 0 Å². The predicted octanol–water partition coefficient (Wildman–Crippen LogP) is 1.27. The maximum atomic E-state index is 10.7. The van der Waals surface area contributed by atoms with E-state index in [2.05, 4.69) is 12.3 Å². The second-order valence-corrected chi connectivity index (χ2v) is 1.86. The molecular formula is C8H10O2. The molecule has 0 N–H and O–H groups in total. The average molecular weight is 138 g/mol. The SMILES string of the molecule is C=C=CCC(=O)CCC=O. The molecule has 0 aliphatic heterocycles. The monoisotopic (exact) mass is 138 g/mol. The Labute approximate surface area is 60.2 Å². The second-order valence-electron chi connectivity index (χ2n) is 1.86. The summed E-state index contributed by atoms with van der Waals surface area (Å²) < 4.78 is 0. The molecule has 0 fully saturated rings. The summed E-state index contributed by atoms with van der Waals surface area (Å²) >= 11 is 0. The molecule has 2 nitrogen and oxygen atoms in total. The molecule has 0 saturated carbocycles. The van der Waals surface area contributed by atoms with Crippen LogP contribution >= 0.6 is 0 Å². The van der Waals surface area contributed by atoms with Crippen LogP contribution in [0.3, 0.4) is 0 Å². The fourth-order valence-corrected chi connectivity index (χ4v) is 0.508. The molecular weight excluding hydrogens is 128 g/mol. The van der Waals surface area contributed by atoms with E-state index < -0.39 is 0 Å². The van der Waals surface area contributed by atoms with E-state index in [0.29, 0.717) is 19.3 Å². The van der Waals surface area contributed by atoms with Gasteiger partial charge in [0.05, 0.1) is 0 Å². The Morgan fingerprint density at radius 3 is 2.80 bits per heavy atom. The minimum Gasteiger partial charge on any atom is -0.303 e. The van der Waals surface area contributed by atoms with Gasteiger partial charge in [0.15, 0.2) is 0 Å². The van der Waals surface area contributed by atoms with Crippen LogP contribution in [0.15, 0.2) is 18.4 Å². The van der Waals surface area contributed by atoms with Crippen LogP contribution in [0.5, 0.6) is 0 Å². The van der Waals surface area contributed by atoms with Gasteiger partial charge in [0.25, 0.3) is 0 Å². The van der Waals surface area contributed by atoms with Gasteiger partial charge in [-0.25, -0.2) is 0 Å². The normalized spacial score (nSPS) is 8.00. The van der Waals surface area contributed by atoms with Crippen molar-refractivity contribution in [2.24, 2.45) is 0 Å². The molecule has 0 aromatic rings. The molecule has 10 heavy (non-hydrogen) atoms. The highest BCUT2D eigenvalue weighted by molar-refractivity contribution is 5.81. The summed E-state index contributed by atoms with van der Waals surface area (Å²) in [4.78, 5) is 20.5. The highest BCUT2D eigenvalue weighted by Crippen LogP contribution is 1.92. The Morgan fingerprint density at radius 1 is 1.60 bits per heavy atom.